The third-order valence-corrected chi connectivity index (χ3v) is 6.14. The van der Waals surface area contributed by atoms with E-state index in [0.29, 0.717) is 19.6 Å². The van der Waals surface area contributed by atoms with Gasteiger partial charge in [-0.3, -0.25) is 9.59 Å². The Morgan fingerprint density at radius 2 is 1.92 bits per heavy atom. The highest BCUT2D eigenvalue weighted by Gasteiger charge is 2.26. The molecule has 0 spiro atoms. The van der Waals surface area contributed by atoms with Crippen molar-refractivity contribution in [2.75, 3.05) is 38.0 Å². The van der Waals surface area contributed by atoms with E-state index in [1.807, 2.05) is 28.5 Å². The topological polar surface area (TPSA) is 53.9 Å². The standard InChI is InChI=1S/C20H23N3O2S/c24-19(21-17-7-6-15-3-1-4-16(15)13-17)14-22-8-10-23(11-9-22)20(25)18-5-2-12-26-18/h2,5-7,12-13H,1,3-4,8-11,14H2,(H,21,24)/p+1. The molecule has 2 aliphatic rings. The van der Waals surface area contributed by atoms with Crippen molar-refractivity contribution in [3.05, 3.63) is 51.7 Å². The molecule has 2 amide bonds. The summed E-state index contributed by atoms with van der Waals surface area (Å²) in [6.45, 7) is 3.50. The first-order valence-electron chi connectivity index (χ1n) is 9.27. The summed E-state index contributed by atoms with van der Waals surface area (Å²) < 4.78 is 0. The molecule has 5 nitrogen and oxygen atoms in total. The van der Waals surface area contributed by atoms with Gasteiger partial charge in [-0.25, -0.2) is 0 Å². The van der Waals surface area contributed by atoms with Crippen molar-refractivity contribution >= 4 is 28.8 Å². The van der Waals surface area contributed by atoms with Gasteiger partial charge in [0.1, 0.15) is 0 Å². The SMILES string of the molecule is O=C(C[NH+]1CCN(C(=O)c2cccs2)CC1)Nc1ccc2c(c1)CCC2. The fraction of sp³-hybridized carbons (Fsp3) is 0.400. The van der Waals surface area contributed by atoms with Crippen molar-refractivity contribution in [3.8, 4) is 0 Å². The van der Waals surface area contributed by atoms with Crippen LogP contribution >= 0.6 is 11.3 Å². The van der Waals surface area contributed by atoms with Gasteiger partial charge in [0.2, 0.25) is 0 Å². The largest absolute Gasteiger partial charge is 0.327 e. The van der Waals surface area contributed by atoms with Gasteiger partial charge in [0.15, 0.2) is 6.54 Å². The molecular weight excluding hydrogens is 346 g/mol. The fourth-order valence-corrected chi connectivity index (χ4v) is 4.53. The number of hydrogen-bond donors (Lipinski definition) is 2. The lowest BCUT2D eigenvalue weighted by Crippen LogP contribution is -3.15. The number of thiophene rings is 1. The van der Waals surface area contributed by atoms with Crippen LogP contribution in [0.25, 0.3) is 0 Å². The number of anilines is 1. The Morgan fingerprint density at radius 3 is 2.69 bits per heavy atom. The summed E-state index contributed by atoms with van der Waals surface area (Å²) in [4.78, 5) is 28.7. The van der Waals surface area contributed by atoms with E-state index >= 15 is 0 Å². The Labute approximate surface area is 157 Å². The van der Waals surface area contributed by atoms with E-state index in [9.17, 15) is 9.59 Å². The zero-order valence-electron chi connectivity index (χ0n) is 14.8. The van der Waals surface area contributed by atoms with E-state index in [1.165, 1.54) is 33.8 Å². The minimum Gasteiger partial charge on any atom is -0.327 e. The molecule has 2 aromatic rings. The lowest BCUT2D eigenvalue weighted by atomic mass is 10.1. The highest BCUT2D eigenvalue weighted by atomic mass is 32.1. The molecule has 0 unspecified atom stereocenters. The van der Waals surface area contributed by atoms with Gasteiger partial charge >= 0.3 is 0 Å². The first kappa shape index (κ1) is 17.2. The monoisotopic (exact) mass is 370 g/mol. The van der Waals surface area contributed by atoms with Crippen LogP contribution in [0.15, 0.2) is 35.7 Å². The summed E-state index contributed by atoms with van der Waals surface area (Å²) in [7, 11) is 0. The first-order chi connectivity index (χ1) is 12.7. The predicted octanol–water partition coefficient (Wildman–Crippen LogP) is 1.22. The van der Waals surface area contributed by atoms with E-state index in [4.69, 9.17) is 0 Å². The van der Waals surface area contributed by atoms with Crippen molar-refractivity contribution < 1.29 is 14.5 Å². The fourth-order valence-electron chi connectivity index (χ4n) is 3.84. The van der Waals surface area contributed by atoms with Crippen LogP contribution in [-0.2, 0) is 17.6 Å². The molecule has 2 N–H and O–H groups in total. The molecule has 26 heavy (non-hydrogen) atoms. The minimum absolute atomic E-state index is 0.0518. The van der Waals surface area contributed by atoms with Gasteiger partial charge in [-0.05, 0) is 54.0 Å². The van der Waals surface area contributed by atoms with Gasteiger partial charge in [0.25, 0.3) is 11.8 Å². The molecular formula is C20H24N3O2S+. The Kier molecular flexibility index (Phi) is 5.04. The van der Waals surface area contributed by atoms with Gasteiger partial charge in [0.05, 0.1) is 31.1 Å². The Hall–Kier alpha value is -2.18. The average molecular weight is 370 g/mol. The number of carbonyl (C=O) groups excluding carboxylic acids is 2. The summed E-state index contributed by atoms with van der Waals surface area (Å²) in [5, 5.41) is 4.97. The Morgan fingerprint density at radius 1 is 1.12 bits per heavy atom. The predicted molar refractivity (Wildman–Crippen MR) is 103 cm³/mol. The molecule has 136 valence electrons. The number of hydrogen-bond acceptors (Lipinski definition) is 3. The average Bonchev–Trinajstić information content (AvgIpc) is 3.33. The molecule has 1 aromatic carbocycles. The van der Waals surface area contributed by atoms with E-state index in [0.717, 1.165) is 36.5 Å². The van der Waals surface area contributed by atoms with Crippen LogP contribution in [0.4, 0.5) is 5.69 Å². The van der Waals surface area contributed by atoms with E-state index in [-0.39, 0.29) is 11.8 Å². The van der Waals surface area contributed by atoms with E-state index in [1.54, 1.807) is 0 Å². The van der Waals surface area contributed by atoms with Gasteiger partial charge in [-0.15, -0.1) is 11.3 Å². The normalized spacial score (nSPS) is 17.2. The number of carbonyl (C=O) groups is 2. The lowest BCUT2D eigenvalue weighted by Gasteiger charge is -2.31. The van der Waals surface area contributed by atoms with E-state index in [2.05, 4.69) is 17.4 Å². The molecule has 0 atom stereocenters. The maximum Gasteiger partial charge on any atom is 0.279 e. The Balaban J connectivity index is 1.26. The number of rotatable bonds is 4. The number of aryl methyl sites for hydroxylation is 2. The van der Waals surface area contributed by atoms with Crippen molar-refractivity contribution in [1.29, 1.82) is 0 Å². The Bertz CT molecular complexity index is 795. The molecule has 0 saturated carbocycles. The number of fused-ring (bicyclic) bond motifs is 1. The molecule has 1 aliphatic heterocycles. The zero-order valence-corrected chi connectivity index (χ0v) is 15.6. The van der Waals surface area contributed by atoms with Crippen LogP contribution in [0.2, 0.25) is 0 Å². The molecule has 1 fully saturated rings. The van der Waals surface area contributed by atoms with Crippen LogP contribution in [0.1, 0.15) is 27.2 Å². The highest BCUT2D eigenvalue weighted by molar-refractivity contribution is 7.12. The van der Waals surface area contributed by atoms with Crippen molar-refractivity contribution in [2.45, 2.75) is 19.3 Å². The van der Waals surface area contributed by atoms with Crippen LogP contribution < -0.4 is 10.2 Å². The first-order valence-corrected chi connectivity index (χ1v) is 10.1. The van der Waals surface area contributed by atoms with Crippen LogP contribution in [0.3, 0.4) is 0 Å². The zero-order chi connectivity index (χ0) is 17.9. The highest BCUT2D eigenvalue weighted by Crippen LogP contribution is 2.24. The molecule has 1 saturated heterocycles. The van der Waals surface area contributed by atoms with E-state index < -0.39 is 0 Å². The lowest BCUT2D eigenvalue weighted by molar-refractivity contribution is -0.895. The summed E-state index contributed by atoms with van der Waals surface area (Å²) in [6.07, 6.45) is 3.48. The summed E-state index contributed by atoms with van der Waals surface area (Å²) in [5.41, 5.74) is 3.69. The van der Waals surface area contributed by atoms with Crippen LogP contribution in [-0.4, -0.2) is 49.4 Å². The molecule has 2 heterocycles. The maximum atomic E-state index is 12.4. The quantitative estimate of drug-likeness (QED) is 0.850. The van der Waals surface area contributed by atoms with Crippen LogP contribution in [0, 0.1) is 0 Å². The van der Waals surface area contributed by atoms with Crippen LogP contribution in [0.5, 0.6) is 0 Å². The number of piperazine rings is 1. The van der Waals surface area contributed by atoms with Gasteiger partial charge < -0.3 is 15.1 Å². The molecule has 4 rings (SSSR count). The summed E-state index contributed by atoms with van der Waals surface area (Å²) in [5.74, 6) is 0.164. The third-order valence-electron chi connectivity index (χ3n) is 5.28. The molecule has 6 heteroatoms. The number of nitrogens with zero attached hydrogens (tertiary/aromatic N) is 1. The maximum absolute atomic E-state index is 12.4. The van der Waals surface area contributed by atoms with Gasteiger partial charge in [0, 0.05) is 5.69 Å². The number of nitrogens with one attached hydrogen (secondary N) is 2. The second-order valence-electron chi connectivity index (χ2n) is 7.08. The second-order valence-corrected chi connectivity index (χ2v) is 8.03. The molecule has 0 radical (unpaired) electrons. The van der Waals surface area contributed by atoms with Crippen molar-refractivity contribution in [3.63, 3.8) is 0 Å². The number of quaternary nitrogens is 1. The minimum atomic E-state index is 0.0518. The molecule has 1 aromatic heterocycles. The smallest absolute Gasteiger partial charge is 0.279 e. The van der Waals surface area contributed by atoms with Crippen molar-refractivity contribution in [2.24, 2.45) is 0 Å². The van der Waals surface area contributed by atoms with Gasteiger partial charge in [-0.1, -0.05) is 12.1 Å². The molecule has 1 aliphatic carbocycles. The number of amides is 2. The summed E-state index contributed by atoms with van der Waals surface area (Å²) in [6, 6.07) is 10.0. The van der Waals surface area contributed by atoms with Crippen molar-refractivity contribution in [1.82, 2.24) is 4.90 Å². The third kappa shape index (κ3) is 3.81. The molecule has 0 bridgehead atoms. The van der Waals surface area contributed by atoms with Gasteiger partial charge in [-0.2, -0.15) is 0 Å². The summed E-state index contributed by atoms with van der Waals surface area (Å²) >= 11 is 1.48. The second kappa shape index (κ2) is 7.60. The number of benzene rings is 1.